The summed E-state index contributed by atoms with van der Waals surface area (Å²) in [6.07, 6.45) is 4.99. The lowest BCUT2D eigenvalue weighted by Crippen LogP contribution is -2.47. The van der Waals surface area contributed by atoms with Gasteiger partial charge in [-0.05, 0) is 37.7 Å². The van der Waals surface area contributed by atoms with Crippen LogP contribution in [0.4, 0.5) is 4.79 Å². The van der Waals surface area contributed by atoms with Crippen molar-refractivity contribution < 1.29 is 9.90 Å². The summed E-state index contributed by atoms with van der Waals surface area (Å²) in [6.45, 7) is 4.55. The van der Waals surface area contributed by atoms with Crippen LogP contribution >= 0.6 is 0 Å². The second-order valence-corrected chi connectivity index (χ2v) is 6.91. The van der Waals surface area contributed by atoms with Crippen molar-refractivity contribution in [1.29, 1.82) is 0 Å². The van der Waals surface area contributed by atoms with Gasteiger partial charge in [-0.15, -0.1) is 0 Å². The van der Waals surface area contributed by atoms with Gasteiger partial charge in [-0.25, -0.2) is 4.79 Å². The number of hydrogen-bond donors (Lipinski definition) is 3. The molecule has 0 bridgehead atoms. The molecular weight excluding hydrogens is 288 g/mol. The highest BCUT2D eigenvalue weighted by molar-refractivity contribution is 5.74. The number of urea groups is 1. The minimum Gasteiger partial charge on any atom is -0.393 e. The van der Waals surface area contributed by atoms with Crippen LogP contribution < -0.4 is 10.6 Å². The molecule has 4 nitrogen and oxygen atoms in total. The molecule has 4 unspecified atom stereocenters. The molecule has 1 aliphatic rings. The lowest BCUT2D eigenvalue weighted by atomic mass is 9.86. The van der Waals surface area contributed by atoms with Gasteiger partial charge in [-0.3, -0.25) is 0 Å². The molecule has 4 atom stereocenters. The summed E-state index contributed by atoms with van der Waals surface area (Å²) < 4.78 is 0. The summed E-state index contributed by atoms with van der Waals surface area (Å²) >= 11 is 0. The number of amides is 2. The van der Waals surface area contributed by atoms with Crippen molar-refractivity contribution in [1.82, 2.24) is 10.6 Å². The molecule has 1 aliphatic carbocycles. The van der Waals surface area contributed by atoms with E-state index in [-0.39, 0.29) is 24.1 Å². The smallest absolute Gasteiger partial charge is 0.315 e. The number of nitrogens with one attached hydrogen (secondary N) is 2. The Morgan fingerprint density at radius 1 is 1.26 bits per heavy atom. The van der Waals surface area contributed by atoms with Gasteiger partial charge in [0.15, 0.2) is 0 Å². The molecule has 2 rings (SSSR count). The van der Waals surface area contributed by atoms with Crippen molar-refractivity contribution >= 4 is 6.03 Å². The van der Waals surface area contributed by atoms with Gasteiger partial charge in [-0.1, -0.05) is 50.1 Å². The Labute approximate surface area is 139 Å². The summed E-state index contributed by atoms with van der Waals surface area (Å²) in [4.78, 5) is 12.2. The van der Waals surface area contributed by atoms with Gasteiger partial charge < -0.3 is 15.7 Å². The summed E-state index contributed by atoms with van der Waals surface area (Å²) in [6, 6.07) is 10.3. The Morgan fingerprint density at radius 3 is 2.61 bits per heavy atom. The van der Waals surface area contributed by atoms with Crippen molar-refractivity contribution in [3.05, 3.63) is 35.9 Å². The third kappa shape index (κ3) is 5.87. The van der Waals surface area contributed by atoms with Crippen LogP contribution in [-0.2, 0) is 0 Å². The summed E-state index contributed by atoms with van der Waals surface area (Å²) in [7, 11) is 0. The first-order valence-corrected chi connectivity index (χ1v) is 8.83. The molecule has 4 heteroatoms. The van der Waals surface area contributed by atoms with E-state index in [0.29, 0.717) is 18.9 Å². The maximum atomic E-state index is 12.2. The SMILES string of the molecule is CC(O)CC(CNC(=O)NC1CCCCC1C)c1ccccc1. The zero-order chi connectivity index (χ0) is 16.7. The van der Waals surface area contributed by atoms with Gasteiger partial charge >= 0.3 is 6.03 Å². The monoisotopic (exact) mass is 318 g/mol. The average Bonchev–Trinajstić information content (AvgIpc) is 2.54. The van der Waals surface area contributed by atoms with Crippen LogP contribution in [0.1, 0.15) is 57.4 Å². The molecular formula is C19H30N2O2. The van der Waals surface area contributed by atoms with Crippen LogP contribution in [0, 0.1) is 5.92 Å². The highest BCUT2D eigenvalue weighted by Gasteiger charge is 2.23. The van der Waals surface area contributed by atoms with Gasteiger partial charge in [0.1, 0.15) is 0 Å². The fourth-order valence-corrected chi connectivity index (χ4v) is 3.44. The molecule has 23 heavy (non-hydrogen) atoms. The number of aliphatic hydroxyl groups excluding tert-OH is 1. The Morgan fingerprint density at radius 2 is 1.96 bits per heavy atom. The van der Waals surface area contributed by atoms with Gasteiger partial charge in [0.05, 0.1) is 6.10 Å². The zero-order valence-corrected chi connectivity index (χ0v) is 14.3. The highest BCUT2D eigenvalue weighted by atomic mass is 16.3. The van der Waals surface area contributed by atoms with E-state index in [1.165, 1.54) is 19.3 Å². The molecule has 0 radical (unpaired) electrons. The van der Waals surface area contributed by atoms with Crippen LogP contribution in [0.5, 0.6) is 0 Å². The topological polar surface area (TPSA) is 61.4 Å². The first kappa shape index (κ1) is 17.8. The molecule has 2 amide bonds. The van der Waals surface area contributed by atoms with Crippen molar-refractivity contribution in [3.8, 4) is 0 Å². The Balaban J connectivity index is 1.86. The number of aliphatic hydroxyl groups is 1. The predicted octanol–water partition coefficient (Wildman–Crippen LogP) is 3.42. The number of carbonyl (C=O) groups excluding carboxylic acids is 1. The third-order valence-electron chi connectivity index (χ3n) is 4.83. The minimum atomic E-state index is -0.386. The van der Waals surface area contributed by atoms with E-state index in [0.717, 1.165) is 12.0 Å². The van der Waals surface area contributed by atoms with Gasteiger partial charge in [0, 0.05) is 18.5 Å². The zero-order valence-electron chi connectivity index (χ0n) is 14.3. The van der Waals surface area contributed by atoms with E-state index in [4.69, 9.17) is 0 Å². The van der Waals surface area contributed by atoms with E-state index in [1.807, 2.05) is 18.2 Å². The quantitative estimate of drug-likeness (QED) is 0.752. The van der Waals surface area contributed by atoms with Crippen LogP contribution in [0.3, 0.4) is 0 Å². The Kier molecular flexibility index (Phi) is 6.90. The van der Waals surface area contributed by atoms with Crippen LogP contribution in [0.2, 0.25) is 0 Å². The fraction of sp³-hybridized carbons (Fsp3) is 0.632. The minimum absolute atomic E-state index is 0.0877. The van der Waals surface area contributed by atoms with E-state index in [9.17, 15) is 9.90 Å². The number of hydrogen-bond acceptors (Lipinski definition) is 2. The second-order valence-electron chi connectivity index (χ2n) is 6.91. The highest BCUT2D eigenvalue weighted by Crippen LogP contribution is 2.24. The molecule has 128 valence electrons. The van der Waals surface area contributed by atoms with E-state index in [1.54, 1.807) is 6.92 Å². The number of benzene rings is 1. The number of rotatable bonds is 6. The Hall–Kier alpha value is -1.55. The average molecular weight is 318 g/mol. The molecule has 0 saturated heterocycles. The van der Waals surface area contributed by atoms with Crippen molar-refractivity contribution in [2.45, 2.75) is 64.0 Å². The van der Waals surface area contributed by atoms with Gasteiger partial charge in [-0.2, -0.15) is 0 Å². The molecule has 3 N–H and O–H groups in total. The largest absolute Gasteiger partial charge is 0.393 e. The van der Waals surface area contributed by atoms with Crippen LogP contribution in [-0.4, -0.2) is 29.8 Å². The van der Waals surface area contributed by atoms with Gasteiger partial charge in [0.2, 0.25) is 0 Å². The summed E-state index contributed by atoms with van der Waals surface area (Å²) in [5.41, 5.74) is 1.15. The fourth-order valence-electron chi connectivity index (χ4n) is 3.44. The van der Waals surface area contributed by atoms with Crippen molar-refractivity contribution in [2.75, 3.05) is 6.54 Å². The van der Waals surface area contributed by atoms with E-state index in [2.05, 4.69) is 29.7 Å². The molecule has 1 aromatic carbocycles. The first-order chi connectivity index (χ1) is 11.1. The molecule has 0 aromatic heterocycles. The molecule has 0 aliphatic heterocycles. The summed E-state index contributed by atoms with van der Waals surface area (Å²) in [5, 5.41) is 15.8. The van der Waals surface area contributed by atoms with Crippen LogP contribution in [0.15, 0.2) is 30.3 Å². The van der Waals surface area contributed by atoms with E-state index < -0.39 is 0 Å². The lowest BCUT2D eigenvalue weighted by molar-refractivity contribution is 0.172. The predicted molar refractivity (Wildman–Crippen MR) is 93.4 cm³/mol. The molecule has 0 heterocycles. The lowest BCUT2D eigenvalue weighted by Gasteiger charge is -2.30. The van der Waals surface area contributed by atoms with Crippen molar-refractivity contribution in [3.63, 3.8) is 0 Å². The van der Waals surface area contributed by atoms with Crippen molar-refractivity contribution in [2.24, 2.45) is 5.92 Å². The van der Waals surface area contributed by atoms with Gasteiger partial charge in [0.25, 0.3) is 0 Å². The maximum Gasteiger partial charge on any atom is 0.315 e. The van der Waals surface area contributed by atoms with Crippen LogP contribution in [0.25, 0.3) is 0 Å². The normalized spacial score (nSPS) is 23.8. The summed E-state index contributed by atoms with van der Waals surface area (Å²) in [5.74, 6) is 0.683. The maximum absolute atomic E-state index is 12.2. The Bertz CT molecular complexity index is 476. The first-order valence-electron chi connectivity index (χ1n) is 8.83. The second kappa shape index (κ2) is 8.92. The molecule has 1 saturated carbocycles. The standard InChI is InChI=1S/C19H30N2O2/c1-14-8-6-7-11-18(14)21-19(23)20-13-17(12-15(2)22)16-9-4-3-5-10-16/h3-5,9-10,14-15,17-18,22H,6-8,11-13H2,1-2H3,(H2,20,21,23). The van der Waals surface area contributed by atoms with E-state index >= 15 is 0 Å². The number of carbonyl (C=O) groups is 1. The third-order valence-corrected chi connectivity index (χ3v) is 4.83. The molecule has 1 fully saturated rings. The molecule has 0 spiro atoms. The molecule has 1 aromatic rings.